The van der Waals surface area contributed by atoms with Gasteiger partial charge in [0.25, 0.3) is 0 Å². The van der Waals surface area contributed by atoms with E-state index >= 15 is 0 Å². The van der Waals surface area contributed by atoms with Crippen LogP contribution in [0, 0.1) is 5.82 Å². The van der Waals surface area contributed by atoms with Crippen LogP contribution in [0.15, 0.2) is 45.6 Å². The lowest BCUT2D eigenvalue weighted by Crippen LogP contribution is -2.19. The molecule has 2 rings (SSSR count). The van der Waals surface area contributed by atoms with Crippen LogP contribution in [-0.2, 0) is 0 Å². The molecule has 0 aliphatic carbocycles. The smallest absolute Gasteiger partial charge is 0.146 e. The summed E-state index contributed by atoms with van der Waals surface area (Å²) in [5.74, 6) is -0.316. The maximum absolute atomic E-state index is 13.8. The fourth-order valence-electron chi connectivity index (χ4n) is 1.83. The van der Waals surface area contributed by atoms with Crippen LogP contribution in [0.5, 0.6) is 0 Å². The first-order chi connectivity index (χ1) is 8.63. The van der Waals surface area contributed by atoms with Crippen molar-refractivity contribution >= 4 is 31.9 Å². The van der Waals surface area contributed by atoms with Gasteiger partial charge in [-0.05, 0) is 36.9 Å². The molecule has 1 aromatic carbocycles. The maximum Gasteiger partial charge on any atom is 0.146 e. The van der Waals surface area contributed by atoms with Gasteiger partial charge in [0.1, 0.15) is 5.82 Å². The van der Waals surface area contributed by atoms with Crippen LogP contribution in [0.3, 0.4) is 0 Å². The first-order valence-corrected chi connectivity index (χ1v) is 6.93. The first kappa shape index (κ1) is 13.6. The van der Waals surface area contributed by atoms with Crippen molar-refractivity contribution in [1.29, 1.82) is 0 Å². The predicted octanol–water partition coefficient (Wildman–Crippen LogP) is 4.05. The molecule has 0 aliphatic rings. The van der Waals surface area contributed by atoms with Gasteiger partial charge in [-0.25, -0.2) is 4.39 Å². The van der Waals surface area contributed by atoms with Crippen LogP contribution in [0.2, 0.25) is 0 Å². The second-order valence-corrected chi connectivity index (χ2v) is 5.55. The summed E-state index contributed by atoms with van der Waals surface area (Å²) in [6.45, 7) is 0. The van der Waals surface area contributed by atoms with Crippen LogP contribution in [-0.4, -0.2) is 12.0 Å². The van der Waals surface area contributed by atoms with E-state index in [4.69, 9.17) is 0 Å². The van der Waals surface area contributed by atoms with E-state index in [9.17, 15) is 4.39 Å². The fourth-order valence-corrected chi connectivity index (χ4v) is 2.69. The molecule has 0 bridgehead atoms. The minimum Gasteiger partial charge on any atom is -0.309 e. The number of nitrogens with zero attached hydrogens (tertiary/aromatic N) is 1. The van der Waals surface area contributed by atoms with Crippen molar-refractivity contribution in [3.05, 3.63) is 62.5 Å². The molecule has 1 unspecified atom stereocenters. The number of pyridine rings is 1. The highest BCUT2D eigenvalue weighted by Gasteiger charge is 2.18. The summed E-state index contributed by atoms with van der Waals surface area (Å²) >= 11 is 6.92. The van der Waals surface area contributed by atoms with E-state index in [0.717, 1.165) is 14.5 Å². The van der Waals surface area contributed by atoms with E-state index in [-0.39, 0.29) is 11.9 Å². The van der Waals surface area contributed by atoms with Crippen molar-refractivity contribution in [3.8, 4) is 0 Å². The predicted molar refractivity (Wildman–Crippen MR) is 76.9 cm³/mol. The lowest BCUT2D eigenvalue weighted by Gasteiger charge is -2.19. The van der Waals surface area contributed by atoms with E-state index in [1.54, 1.807) is 19.3 Å². The minimum absolute atomic E-state index is 0.222. The van der Waals surface area contributed by atoms with Gasteiger partial charge in [0.15, 0.2) is 0 Å². The summed E-state index contributed by atoms with van der Waals surface area (Å²) in [7, 11) is 1.80. The summed E-state index contributed by atoms with van der Waals surface area (Å²) in [6, 6.07) is 7.29. The number of aromatic nitrogens is 1. The number of halogens is 3. The van der Waals surface area contributed by atoms with Crippen LogP contribution < -0.4 is 5.32 Å². The van der Waals surface area contributed by atoms with E-state index in [0.29, 0.717) is 5.56 Å². The molecule has 94 valence electrons. The van der Waals surface area contributed by atoms with Gasteiger partial charge >= 0.3 is 0 Å². The van der Waals surface area contributed by atoms with Gasteiger partial charge < -0.3 is 5.32 Å². The van der Waals surface area contributed by atoms with E-state index in [1.165, 1.54) is 6.20 Å². The average Bonchev–Trinajstić information content (AvgIpc) is 2.36. The van der Waals surface area contributed by atoms with Gasteiger partial charge in [0.2, 0.25) is 0 Å². The Hall–Kier alpha value is -0.780. The van der Waals surface area contributed by atoms with Crippen molar-refractivity contribution in [2.45, 2.75) is 6.04 Å². The Morgan fingerprint density at radius 2 is 2.00 bits per heavy atom. The molecule has 0 radical (unpaired) electrons. The zero-order valence-electron chi connectivity index (χ0n) is 9.62. The second kappa shape index (κ2) is 5.91. The van der Waals surface area contributed by atoms with Gasteiger partial charge in [-0.3, -0.25) is 4.98 Å². The Bertz CT molecular complexity index is 560. The van der Waals surface area contributed by atoms with Gasteiger partial charge in [-0.1, -0.05) is 31.9 Å². The molecule has 2 nitrogen and oxygen atoms in total. The van der Waals surface area contributed by atoms with E-state index in [1.807, 2.05) is 18.2 Å². The van der Waals surface area contributed by atoms with Gasteiger partial charge in [-0.2, -0.15) is 0 Å². The Balaban J connectivity index is 2.52. The molecule has 0 spiro atoms. The average molecular weight is 374 g/mol. The van der Waals surface area contributed by atoms with E-state index < -0.39 is 0 Å². The Kier molecular flexibility index (Phi) is 4.48. The van der Waals surface area contributed by atoms with Crippen LogP contribution >= 0.6 is 31.9 Å². The third kappa shape index (κ3) is 2.79. The molecule has 1 atom stereocenters. The third-order valence-electron chi connectivity index (χ3n) is 2.67. The third-order valence-corrected chi connectivity index (χ3v) is 3.89. The summed E-state index contributed by atoms with van der Waals surface area (Å²) in [6.07, 6.45) is 2.82. The summed E-state index contributed by atoms with van der Waals surface area (Å²) in [4.78, 5) is 3.77. The molecule has 0 fully saturated rings. The number of nitrogens with one attached hydrogen (secondary N) is 1. The highest BCUT2D eigenvalue weighted by Crippen LogP contribution is 2.31. The number of benzene rings is 1. The molecule has 1 aromatic heterocycles. The van der Waals surface area contributed by atoms with Gasteiger partial charge in [0, 0.05) is 20.7 Å². The lowest BCUT2D eigenvalue weighted by atomic mass is 9.99. The Morgan fingerprint density at radius 3 is 2.67 bits per heavy atom. The largest absolute Gasteiger partial charge is 0.309 e. The molecule has 0 amide bonds. The molecule has 2 aromatic rings. The molecule has 0 saturated heterocycles. The summed E-state index contributed by atoms with van der Waals surface area (Å²) in [5.41, 5.74) is 1.54. The molecule has 1 heterocycles. The Morgan fingerprint density at radius 1 is 1.22 bits per heavy atom. The molecular weight excluding hydrogens is 363 g/mol. The lowest BCUT2D eigenvalue weighted by molar-refractivity contribution is 0.570. The van der Waals surface area contributed by atoms with Crippen LogP contribution in [0.25, 0.3) is 0 Å². The quantitative estimate of drug-likeness (QED) is 0.877. The molecule has 0 aliphatic heterocycles. The number of rotatable bonds is 3. The van der Waals surface area contributed by atoms with Crippen LogP contribution in [0.4, 0.5) is 4.39 Å². The standard InChI is InChI=1S/C13H11Br2FN2/c1-17-13(9-4-5-18-7-12(9)16)10-6-8(14)2-3-11(10)15/h2-7,13,17H,1H3. The van der Waals surface area contributed by atoms with Crippen molar-refractivity contribution in [3.63, 3.8) is 0 Å². The molecular formula is C13H11Br2FN2. The number of hydrogen-bond donors (Lipinski definition) is 1. The van der Waals surface area contributed by atoms with Gasteiger partial charge in [-0.15, -0.1) is 0 Å². The fraction of sp³-hybridized carbons (Fsp3) is 0.154. The highest BCUT2D eigenvalue weighted by atomic mass is 79.9. The molecule has 5 heteroatoms. The topological polar surface area (TPSA) is 24.9 Å². The monoisotopic (exact) mass is 372 g/mol. The molecule has 18 heavy (non-hydrogen) atoms. The highest BCUT2D eigenvalue weighted by molar-refractivity contribution is 9.11. The van der Waals surface area contributed by atoms with Crippen molar-refractivity contribution in [2.75, 3.05) is 7.05 Å². The molecule has 1 N–H and O–H groups in total. The van der Waals surface area contributed by atoms with Crippen molar-refractivity contribution in [2.24, 2.45) is 0 Å². The zero-order chi connectivity index (χ0) is 13.1. The normalized spacial score (nSPS) is 12.4. The molecule has 0 saturated carbocycles. The number of hydrogen-bond acceptors (Lipinski definition) is 2. The summed E-state index contributed by atoms with van der Waals surface area (Å²) < 4.78 is 15.7. The van der Waals surface area contributed by atoms with Crippen molar-refractivity contribution < 1.29 is 4.39 Å². The Labute approximate surface area is 122 Å². The minimum atomic E-state index is -0.316. The zero-order valence-corrected chi connectivity index (χ0v) is 12.8. The SMILES string of the molecule is CNC(c1ccncc1F)c1cc(Br)ccc1Br. The first-order valence-electron chi connectivity index (χ1n) is 5.35. The van der Waals surface area contributed by atoms with Gasteiger partial charge in [0.05, 0.1) is 12.2 Å². The summed E-state index contributed by atoms with van der Waals surface area (Å²) in [5, 5.41) is 3.12. The maximum atomic E-state index is 13.8. The van der Waals surface area contributed by atoms with E-state index in [2.05, 4.69) is 42.2 Å². The van der Waals surface area contributed by atoms with Crippen LogP contribution in [0.1, 0.15) is 17.2 Å². The second-order valence-electron chi connectivity index (χ2n) is 3.78. The van der Waals surface area contributed by atoms with Crippen molar-refractivity contribution in [1.82, 2.24) is 10.3 Å².